The van der Waals surface area contributed by atoms with Gasteiger partial charge in [0.05, 0.1) is 11.6 Å². The number of fused-ring (bicyclic) bond motifs is 3. The lowest BCUT2D eigenvalue weighted by atomic mass is 10.2. The van der Waals surface area contributed by atoms with Crippen LogP contribution in [0.4, 0.5) is 5.82 Å². The number of rotatable bonds is 8. The second kappa shape index (κ2) is 8.42. The molecule has 0 aliphatic heterocycles. The molecular formula is C20H22N6O3S. The molecule has 0 radical (unpaired) electrons. The molecule has 3 heterocycles. The first-order valence-electron chi connectivity index (χ1n) is 9.63. The summed E-state index contributed by atoms with van der Waals surface area (Å²) < 4.78 is 33.2. The summed E-state index contributed by atoms with van der Waals surface area (Å²) in [4.78, 5) is 8.55. The zero-order valence-electron chi connectivity index (χ0n) is 16.7. The number of benzene rings is 1. The molecule has 0 aliphatic carbocycles. The molecule has 0 saturated heterocycles. The smallest absolute Gasteiger partial charge is 0.317 e. The van der Waals surface area contributed by atoms with Gasteiger partial charge in [-0.15, -0.1) is 0 Å². The maximum Gasteiger partial charge on any atom is 0.317 e. The number of ether oxygens (including phenoxy) is 1. The van der Waals surface area contributed by atoms with E-state index in [0.29, 0.717) is 24.5 Å². The van der Waals surface area contributed by atoms with Crippen LogP contribution in [-0.4, -0.2) is 48.6 Å². The lowest BCUT2D eigenvalue weighted by Gasteiger charge is -2.13. The van der Waals surface area contributed by atoms with Crippen LogP contribution < -0.4 is 5.32 Å². The highest BCUT2D eigenvalue weighted by molar-refractivity contribution is 7.97. The average Bonchev–Trinajstić information content (AvgIpc) is 3.19. The van der Waals surface area contributed by atoms with E-state index in [-0.39, 0.29) is 21.7 Å². The van der Waals surface area contributed by atoms with E-state index in [0.717, 1.165) is 11.8 Å². The Kier molecular flexibility index (Phi) is 5.71. The highest BCUT2D eigenvalue weighted by Gasteiger charge is 2.32. The molecule has 0 aliphatic rings. The van der Waals surface area contributed by atoms with Crippen LogP contribution in [0, 0.1) is 0 Å². The highest BCUT2D eigenvalue weighted by atomic mass is 32.3. The minimum absolute atomic E-state index is 0.0928. The van der Waals surface area contributed by atoms with Crippen molar-refractivity contribution in [3.05, 3.63) is 48.8 Å². The maximum absolute atomic E-state index is 13.1. The quantitative estimate of drug-likeness (QED) is 0.337. The molecule has 1 aromatic carbocycles. The standard InChI is InChI=1S/C20H22N6O3S/c1-14(2)29-13-5-10-22-18-16-6-3-4-7-17(16)26-19(23-18)20(24-25-26)30(27,28)15-8-11-21-12-9-15/h3-4,6-9,11-12,14H,5,10,13H2,1-2H3,(H-,22,23,27,28). The van der Waals surface area contributed by atoms with Crippen molar-refractivity contribution in [3.8, 4) is 0 Å². The molecule has 4 rings (SSSR count). The van der Waals surface area contributed by atoms with Crippen molar-refractivity contribution in [3.63, 3.8) is 0 Å². The molecule has 0 amide bonds. The Morgan fingerprint density at radius 1 is 1.20 bits per heavy atom. The number of pyridine rings is 1. The second-order valence-corrected chi connectivity index (χ2v) is 8.86. The summed E-state index contributed by atoms with van der Waals surface area (Å²) in [5, 5.41) is 12.0. The van der Waals surface area contributed by atoms with Crippen LogP contribution in [0.15, 0.2) is 58.7 Å². The monoisotopic (exact) mass is 426 g/mol. The Morgan fingerprint density at radius 2 is 1.97 bits per heavy atom. The van der Waals surface area contributed by atoms with E-state index in [2.05, 4.69) is 25.6 Å². The third-order valence-electron chi connectivity index (χ3n) is 4.50. The number of aromatic nitrogens is 5. The van der Waals surface area contributed by atoms with Crippen molar-refractivity contribution < 1.29 is 13.5 Å². The van der Waals surface area contributed by atoms with Crippen molar-refractivity contribution in [2.45, 2.75) is 36.3 Å². The molecule has 0 spiro atoms. The molecule has 4 aromatic rings. The van der Waals surface area contributed by atoms with E-state index in [1.165, 1.54) is 29.0 Å². The van der Waals surface area contributed by atoms with Gasteiger partial charge in [-0.25, -0.2) is 4.98 Å². The molecular weight excluding hydrogens is 404 g/mol. The van der Waals surface area contributed by atoms with Crippen LogP contribution in [0.1, 0.15) is 20.3 Å². The molecule has 0 bridgehead atoms. The molecule has 3 aromatic heterocycles. The van der Waals surface area contributed by atoms with Crippen LogP contribution in [0.2, 0.25) is 0 Å². The van der Waals surface area contributed by atoms with Gasteiger partial charge in [0.25, 0.3) is 0 Å². The molecule has 156 valence electrons. The number of nitrogens with one attached hydrogen (secondary N) is 1. The third kappa shape index (κ3) is 3.89. The Hall–Kier alpha value is -2.95. The van der Waals surface area contributed by atoms with Gasteiger partial charge >= 0.3 is 5.03 Å². The minimum Gasteiger partial charge on any atom is -0.604 e. The topological polar surface area (TPSA) is 117 Å². The van der Waals surface area contributed by atoms with Crippen LogP contribution >= 0.6 is 0 Å². The van der Waals surface area contributed by atoms with Gasteiger partial charge in [0.15, 0.2) is 4.90 Å². The predicted molar refractivity (Wildman–Crippen MR) is 112 cm³/mol. The van der Waals surface area contributed by atoms with Crippen LogP contribution in [-0.2, 0) is 19.2 Å². The lowest BCUT2D eigenvalue weighted by molar-refractivity contribution is 0.0787. The molecule has 0 fully saturated rings. The average molecular weight is 427 g/mol. The van der Waals surface area contributed by atoms with Crippen LogP contribution in [0.3, 0.4) is 0 Å². The van der Waals surface area contributed by atoms with Gasteiger partial charge in [0.1, 0.15) is 16.0 Å². The molecule has 1 unspecified atom stereocenters. The van der Waals surface area contributed by atoms with E-state index < -0.39 is 10.2 Å². The fourth-order valence-electron chi connectivity index (χ4n) is 3.08. The number of nitrogens with zero attached hydrogens (tertiary/aromatic N) is 5. The van der Waals surface area contributed by atoms with Gasteiger partial charge in [0.2, 0.25) is 5.65 Å². The minimum atomic E-state index is -3.89. The zero-order valence-corrected chi connectivity index (χ0v) is 17.5. The highest BCUT2D eigenvalue weighted by Crippen LogP contribution is 2.30. The van der Waals surface area contributed by atoms with Crippen LogP contribution in [0.25, 0.3) is 16.6 Å². The SMILES string of the molecule is CC(C)OCCCNc1nc2c([S+](=O)([O-])c3ccncc3)nnn2c2ccccc12. The third-order valence-corrected chi connectivity index (χ3v) is 6.17. The van der Waals surface area contributed by atoms with Crippen molar-refractivity contribution in [2.24, 2.45) is 0 Å². The predicted octanol–water partition coefficient (Wildman–Crippen LogP) is 2.95. The number of sulfone groups is 1. The summed E-state index contributed by atoms with van der Waals surface area (Å²) in [6, 6.07) is 10.4. The van der Waals surface area contributed by atoms with Gasteiger partial charge in [-0.3, -0.25) is 4.98 Å². The summed E-state index contributed by atoms with van der Waals surface area (Å²) >= 11 is 0. The number of para-hydroxylation sites is 1. The van der Waals surface area contributed by atoms with Gasteiger partial charge in [0, 0.05) is 43.1 Å². The Morgan fingerprint density at radius 3 is 2.73 bits per heavy atom. The summed E-state index contributed by atoms with van der Waals surface area (Å²) in [6.07, 6.45) is 3.82. The maximum atomic E-state index is 13.1. The Labute approximate surface area is 174 Å². The fraction of sp³-hybridized carbons (Fsp3) is 0.300. The molecule has 0 saturated carbocycles. The molecule has 1 atom stereocenters. The summed E-state index contributed by atoms with van der Waals surface area (Å²) in [6.45, 7) is 5.25. The lowest BCUT2D eigenvalue weighted by Crippen LogP contribution is -2.14. The zero-order chi connectivity index (χ0) is 21.1. The first-order valence-corrected chi connectivity index (χ1v) is 11.1. The van der Waals surface area contributed by atoms with Crippen molar-refractivity contribution in [2.75, 3.05) is 18.5 Å². The van der Waals surface area contributed by atoms with Crippen molar-refractivity contribution in [1.82, 2.24) is 24.8 Å². The van der Waals surface area contributed by atoms with E-state index in [9.17, 15) is 8.76 Å². The van der Waals surface area contributed by atoms with E-state index in [1.807, 2.05) is 38.1 Å². The molecule has 10 heteroatoms. The van der Waals surface area contributed by atoms with E-state index in [4.69, 9.17) is 4.74 Å². The largest absolute Gasteiger partial charge is 0.604 e. The summed E-state index contributed by atoms with van der Waals surface area (Å²) in [7, 11) is -3.89. The first kappa shape index (κ1) is 20.3. The molecule has 9 nitrogen and oxygen atoms in total. The van der Waals surface area contributed by atoms with Crippen LogP contribution in [0.5, 0.6) is 0 Å². The fourth-order valence-corrected chi connectivity index (χ4v) is 4.30. The summed E-state index contributed by atoms with van der Waals surface area (Å²) in [5.41, 5.74) is 0.888. The van der Waals surface area contributed by atoms with Gasteiger partial charge in [-0.1, -0.05) is 26.7 Å². The van der Waals surface area contributed by atoms with Gasteiger partial charge < -0.3 is 14.6 Å². The Bertz CT molecular complexity index is 1210. The van der Waals surface area contributed by atoms with Crippen molar-refractivity contribution in [1.29, 1.82) is 0 Å². The molecule has 30 heavy (non-hydrogen) atoms. The van der Waals surface area contributed by atoms with Gasteiger partial charge in [-0.05, 0) is 32.4 Å². The normalized spacial score (nSPS) is 13.7. The van der Waals surface area contributed by atoms with E-state index in [1.54, 1.807) is 0 Å². The van der Waals surface area contributed by atoms with Gasteiger partial charge in [-0.2, -0.15) is 4.52 Å². The number of hydrogen-bond acceptors (Lipinski definition) is 8. The first-order chi connectivity index (χ1) is 14.5. The number of hydrogen-bond donors (Lipinski definition) is 1. The second-order valence-electron chi connectivity index (χ2n) is 6.99. The van der Waals surface area contributed by atoms with E-state index >= 15 is 0 Å². The molecule has 1 N–H and O–H groups in total. The Balaban J connectivity index is 1.75. The summed E-state index contributed by atoms with van der Waals surface area (Å²) in [5.74, 6) is 0.580. The number of anilines is 1. The van der Waals surface area contributed by atoms with Crippen molar-refractivity contribution >= 4 is 32.6 Å².